The highest BCUT2D eigenvalue weighted by atomic mass is 32.1. The molecule has 204 valence electrons. The Balaban J connectivity index is 1.36. The number of amides is 3. The third kappa shape index (κ3) is 4.73. The topological polar surface area (TPSA) is 108 Å². The molecule has 0 saturated heterocycles. The minimum Gasteiger partial charge on any atom is -0.366 e. The summed E-state index contributed by atoms with van der Waals surface area (Å²) in [4.78, 5) is 44.6. The molecule has 6 rings (SSSR count). The second kappa shape index (κ2) is 10.4. The molecule has 0 radical (unpaired) electrons. The van der Waals surface area contributed by atoms with Crippen molar-refractivity contribution in [2.24, 2.45) is 5.73 Å². The van der Waals surface area contributed by atoms with Gasteiger partial charge in [0.05, 0.1) is 16.0 Å². The molecule has 0 unspecified atom stereocenters. The molecule has 3 heterocycles. The number of primary amides is 1. The lowest BCUT2D eigenvalue weighted by Gasteiger charge is -2.24. The van der Waals surface area contributed by atoms with E-state index in [0.29, 0.717) is 24.2 Å². The first-order valence-corrected chi connectivity index (χ1v) is 14.5. The van der Waals surface area contributed by atoms with Crippen molar-refractivity contribution < 1.29 is 14.4 Å². The molecule has 4 N–H and O–H groups in total. The van der Waals surface area contributed by atoms with Crippen molar-refractivity contribution in [3.63, 3.8) is 0 Å². The normalized spacial score (nSPS) is 15.1. The van der Waals surface area contributed by atoms with Crippen LogP contribution in [0.4, 0.5) is 5.69 Å². The van der Waals surface area contributed by atoms with Crippen LogP contribution in [-0.2, 0) is 17.6 Å². The smallest absolute Gasteiger partial charge is 0.265 e. The summed E-state index contributed by atoms with van der Waals surface area (Å²) in [6.45, 7) is 4.80. The highest BCUT2D eigenvalue weighted by Gasteiger charge is 2.22. The van der Waals surface area contributed by atoms with Crippen molar-refractivity contribution in [2.45, 2.75) is 46.0 Å². The molecule has 7 nitrogen and oxygen atoms in total. The van der Waals surface area contributed by atoms with Crippen molar-refractivity contribution in [2.75, 3.05) is 18.4 Å². The Bertz CT molecular complexity index is 1690. The molecule has 0 atom stereocenters. The van der Waals surface area contributed by atoms with Crippen LogP contribution in [0, 0.1) is 6.92 Å². The first-order chi connectivity index (χ1) is 19.3. The Morgan fingerprint density at radius 1 is 1.02 bits per heavy atom. The quantitative estimate of drug-likeness (QED) is 0.280. The van der Waals surface area contributed by atoms with E-state index >= 15 is 0 Å². The van der Waals surface area contributed by atoms with Crippen molar-refractivity contribution in [3.05, 3.63) is 80.7 Å². The fraction of sp³-hybridized carbons (Fsp3) is 0.281. The Kier molecular flexibility index (Phi) is 6.80. The monoisotopic (exact) mass is 552 g/mol. The largest absolute Gasteiger partial charge is 0.366 e. The fourth-order valence-electron chi connectivity index (χ4n) is 5.88. The number of carbonyl (C=O) groups is 3. The molecule has 3 amide bonds. The molecule has 0 saturated carbocycles. The minimum atomic E-state index is -0.498. The number of hydrogen-bond donors (Lipinski definition) is 3. The summed E-state index contributed by atoms with van der Waals surface area (Å²) in [5.74, 6) is -0.519. The van der Waals surface area contributed by atoms with Crippen molar-refractivity contribution in [1.82, 2.24) is 9.88 Å². The van der Waals surface area contributed by atoms with Gasteiger partial charge in [0.2, 0.25) is 5.91 Å². The highest BCUT2D eigenvalue weighted by molar-refractivity contribution is 7.14. The summed E-state index contributed by atoms with van der Waals surface area (Å²) in [5, 5.41) is 4.03. The summed E-state index contributed by atoms with van der Waals surface area (Å²) >= 11 is 1.61. The Morgan fingerprint density at radius 2 is 1.85 bits per heavy atom. The maximum atomic E-state index is 13.2. The highest BCUT2D eigenvalue weighted by Crippen LogP contribution is 2.38. The molecule has 2 aromatic heterocycles. The van der Waals surface area contributed by atoms with Gasteiger partial charge < -0.3 is 20.9 Å². The van der Waals surface area contributed by atoms with E-state index in [1.165, 1.54) is 23.3 Å². The number of aromatic amines is 1. The molecular formula is C32H32N4O3S. The van der Waals surface area contributed by atoms with E-state index in [4.69, 9.17) is 5.73 Å². The number of aryl methyl sites for hydroxylation is 2. The molecule has 1 aliphatic heterocycles. The van der Waals surface area contributed by atoms with E-state index in [2.05, 4.69) is 28.5 Å². The number of anilines is 1. The molecule has 1 aliphatic carbocycles. The zero-order valence-electron chi connectivity index (χ0n) is 22.7. The Labute approximate surface area is 237 Å². The third-order valence-corrected chi connectivity index (χ3v) is 9.39. The lowest BCUT2D eigenvalue weighted by Crippen LogP contribution is -2.32. The standard InChI is InChI=1S/C32H32N4O3S/c1-18-22(7-5-8-26(18)35-32(39)29-16-21-6-3-4-9-28(21)40-29)23-10-11-24(31(33)38)30-25(23)17-27(34-30)20-12-14-36(15-13-20)19(2)37/h5,7-8,10-12,16-17,34H,3-4,6,9,13-15H2,1-2H3,(H2,33,38)(H,35,39). The van der Waals surface area contributed by atoms with Gasteiger partial charge >= 0.3 is 0 Å². The van der Waals surface area contributed by atoms with Gasteiger partial charge in [-0.1, -0.05) is 24.3 Å². The number of H-pyrrole nitrogens is 1. The minimum absolute atomic E-state index is 0.0615. The number of rotatable bonds is 5. The van der Waals surface area contributed by atoms with Crippen LogP contribution in [0.2, 0.25) is 0 Å². The van der Waals surface area contributed by atoms with Crippen LogP contribution in [0.25, 0.3) is 27.6 Å². The first-order valence-electron chi connectivity index (χ1n) is 13.7. The van der Waals surface area contributed by atoms with E-state index in [1.807, 2.05) is 31.2 Å². The number of hydrogen-bond acceptors (Lipinski definition) is 4. The molecule has 40 heavy (non-hydrogen) atoms. The average molecular weight is 553 g/mol. The summed E-state index contributed by atoms with van der Waals surface area (Å²) in [6.07, 6.45) is 7.26. The Morgan fingerprint density at radius 3 is 2.58 bits per heavy atom. The summed E-state index contributed by atoms with van der Waals surface area (Å²) in [6, 6.07) is 13.7. The molecule has 0 spiro atoms. The summed E-state index contributed by atoms with van der Waals surface area (Å²) < 4.78 is 0. The second-order valence-corrected chi connectivity index (χ2v) is 11.8. The lowest BCUT2D eigenvalue weighted by molar-refractivity contribution is -0.128. The van der Waals surface area contributed by atoms with Crippen LogP contribution in [0.3, 0.4) is 0 Å². The number of nitrogens with two attached hydrogens (primary N) is 1. The molecule has 4 aromatic rings. The second-order valence-electron chi connectivity index (χ2n) is 10.6. The molecule has 8 heteroatoms. The number of carbonyl (C=O) groups excluding carboxylic acids is 3. The van der Waals surface area contributed by atoms with E-state index in [0.717, 1.165) is 63.2 Å². The summed E-state index contributed by atoms with van der Waals surface area (Å²) in [5.41, 5.74) is 13.8. The van der Waals surface area contributed by atoms with Gasteiger partial charge in [0.15, 0.2) is 0 Å². The van der Waals surface area contributed by atoms with Gasteiger partial charge in [-0.25, -0.2) is 0 Å². The van der Waals surface area contributed by atoms with E-state index in [9.17, 15) is 14.4 Å². The number of nitrogens with zero attached hydrogens (tertiary/aromatic N) is 1. The van der Waals surface area contributed by atoms with E-state index in [1.54, 1.807) is 29.2 Å². The maximum absolute atomic E-state index is 13.2. The first kappa shape index (κ1) is 26.1. The average Bonchev–Trinajstić information content (AvgIpc) is 3.59. The molecule has 0 bridgehead atoms. The van der Waals surface area contributed by atoms with Crippen LogP contribution in [0.15, 0.2) is 48.5 Å². The zero-order valence-corrected chi connectivity index (χ0v) is 23.5. The van der Waals surface area contributed by atoms with Gasteiger partial charge in [-0.2, -0.15) is 0 Å². The van der Waals surface area contributed by atoms with Gasteiger partial charge in [-0.15, -0.1) is 11.3 Å². The number of fused-ring (bicyclic) bond motifs is 2. The zero-order chi connectivity index (χ0) is 28.0. The van der Waals surface area contributed by atoms with Crippen LogP contribution in [0.1, 0.15) is 67.9 Å². The summed E-state index contributed by atoms with van der Waals surface area (Å²) in [7, 11) is 0. The maximum Gasteiger partial charge on any atom is 0.265 e. The Hall–Kier alpha value is -4.17. The number of benzene rings is 2. The molecule has 2 aromatic carbocycles. The van der Waals surface area contributed by atoms with Gasteiger partial charge in [-0.3, -0.25) is 14.4 Å². The van der Waals surface area contributed by atoms with Crippen LogP contribution >= 0.6 is 11.3 Å². The van der Waals surface area contributed by atoms with Gasteiger partial charge in [-0.05, 0) is 91.1 Å². The third-order valence-electron chi connectivity index (χ3n) is 8.15. The predicted molar refractivity (Wildman–Crippen MR) is 161 cm³/mol. The van der Waals surface area contributed by atoms with E-state index in [-0.39, 0.29) is 11.8 Å². The number of thiophene rings is 1. The van der Waals surface area contributed by atoms with Crippen molar-refractivity contribution >= 4 is 51.2 Å². The van der Waals surface area contributed by atoms with Crippen molar-refractivity contribution in [3.8, 4) is 11.1 Å². The van der Waals surface area contributed by atoms with Gasteiger partial charge in [0.25, 0.3) is 11.8 Å². The van der Waals surface area contributed by atoms with Crippen molar-refractivity contribution in [1.29, 1.82) is 0 Å². The van der Waals surface area contributed by atoms with Crippen LogP contribution in [-0.4, -0.2) is 40.7 Å². The molecule has 0 fully saturated rings. The van der Waals surface area contributed by atoms with Gasteiger partial charge in [0, 0.05) is 41.7 Å². The molecule has 2 aliphatic rings. The lowest BCUT2D eigenvalue weighted by atomic mass is 9.94. The van der Waals surface area contributed by atoms with E-state index < -0.39 is 5.91 Å². The predicted octanol–water partition coefficient (Wildman–Crippen LogP) is 6.07. The van der Waals surface area contributed by atoms with Gasteiger partial charge in [0.1, 0.15) is 0 Å². The number of aromatic nitrogens is 1. The number of nitrogens with one attached hydrogen (secondary N) is 2. The SMILES string of the molecule is CC(=O)N1CC=C(c2cc3c(-c4cccc(NC(=O)c5cc6c(s5)CCCC6)c4C)ccc(C(N)=O)c3[nH]2)CC1. The van der Waals surface area contributed by atoms with Crippen LogP contribution in [0.5, 0.6) is 0 Å². The molecular weight excluding hydrogens is 520 g/mol. The van der Waals surface area contributed by atoms with Crippen LogP contribution < -0.4 is 11.1 Å². The fourth-order valence-corrected chi connectivity index (χ4v) is 7.03.